The summed E-state index contributed by atoms with van der Waals surface area (Å²) in [6.45, 7) is 1.78. The fraction of sp³-hybridized carbons (Fsp3) is 0.455. The molecule has 0 atom stereocenters. The zero-order valence-corrected chi connectivity index (χ0v) is 10.1. The predicted molar refractivity (Wildman–Crippen MR) is 59.9 cm³/mol. The average molecular weight is 263 g/mol. The van der Waals surface area contributed by atoms with Gasteiger partial charge in [0.1, 0.15) is 5.78 Å². The molecule has 0 radical (unpaired) electrons. The van der Waals surface area contributed by atoms with Gasteiger partial charge in [-0.1, -0.05) is 6.92 Å². The molecule has 17 heavy (non-hydrogen) atoms. The Labute approximate surface area is 102 Å². The quantitative estimate of drug-likeness (QED) is 0.761. The fourth-order valence-corrected chi connectivity index (χ4v) is 1.91. The summed E-state index contributed by atoms with van der Waals surface area (Å²) in [6.07, 6.45) is -2.64. The van der Waals surface area contributed by atoms with Crippen LogP contribution in [0.3, 0.4) is 0 Å². The van der Waals surface area contributed by atoms with Crippen LogP contribution in [-0.2, 0) is 11.0 Å². The van der Waals surface area contributed by atoms with Gasteiger partial charge in [0.05, 0.1) is 10.6 Å². The van der Waals surface area contributed by atoms with Crippen LogP contribution in [0.5, 0.6) is 0 Å². The van der Waals surface area contributed by atoms with E-state index in [0.29, 0.717) is 23.6 Å². The van der Waals surface area contributed by atoms with Gasteiger partial charge in [-0.2, -0.15) is 13.2 Å². The van der Waals surface area contributed by atoms with Crippen LogP contribution in [0, 0.1) is 0 Å². The molecule has 0 N–H and O–H groups in total. The Bertz CT molecular complexity index is 375. The number of carbonyl (C=O) groups is 1. The number of thioether (sulfide) groups is 1. The molecule has 0 aromatic carbocycles. The van der Waals surface area contributed by atoms with Gasteiger partial charge in [0.2, 0.25) is 0 Å². The maximum absolute atomic E-state index is 12.2. The lowest BCUT2D eigenvalue weighted by molar-refractivity contribution is -0.137. The van der Waals surface area contributed by atoms with E-state index in [9.17, 15) is 18.0 Å². The standard InChI is InChI=1S/C11H12F3NOS/c1-2-9(16)5-6-17-10-4-3-8(7-15-10)11(12,13)14/h3-4,7H,2,5-6H2,1H3. The number of hydrogen-bond acceptors (Lipinski definition) is 3. The first-order chi connectivity index (χ1) is 7.93. The third-order valence-corrected chi connectivity index (χ3v) is 3.03. The Balaban J connectivity index is 2.49. The Hall–Kier alpha value is -1.04. The summed E-state index contributed by atoms with van der Waals surface area (Å²) in [5.74, 6) is 0.690. The summed E-state index contributed by atoms with van der Waals surface area (Å²) in [5.41, 5.74) is -0.758. The Morgan fingerprint density at radius 2 is 2.12 bits per heavy atom. The topological polar surface area (TPSA) is 30.0 Å². The van der Waals surface area contributed by atoms with Crippen molar-refractivity contribution >= 4 is 17.5 Å². The molecule has 94 valence electrons. The van der Waals surface area contributed by atoms with E-state index >= 15 is 0 Å². The van der Waals surface area contributed by atoms with E-state index in [2.05, 4.69) is 4.98 Å². The number of halogens is 3. The summed E-state index contributed by atoms with van der Waals surface area (Å²) in [4.78, 5) is 14.7. The molecule has 0 aliphatic heterocycles. The van der Waals surface area contributed by atoms with Crippen molar-refractivity contribution in [2.24, 2.45) is 0 Å². The van der Waals surface area contributed by atoms with Crippen LogP contribution in [0.4, 0.5) is 13.2 Å². The first-order valence-electron chi connectivity index (χ1n) is 5.11. The lowest BCUT2D eigenvalue weighted by Crippen LogP contribution is -2.05. The van der Waals surface area contributed by atoms with Crippen LogP contribution in [0.25, 0.3) is 0 Å². The first-order valence-corrected chi connectivity index (χ1v) is 6.09. The van der Waals surface area contributed by atoms with E-state index in [4.69, 9.17) is 0 Å². The molecule has 0 aliphatic carbocycles. The van der Waals surface area contributed by atoms with E-state index < -0.39 is 11.7 Å². The van der Waals surface area contributed by atoms with Crippen molar-refractivity contribution in [1.82, 2.24) is 4.98 Å². The van der Waals surface area contributed by atoms with Crippen LogP contribution >= 0.6 is 11.8 Å². The highest BCUT2D eigenvalue weighted by Gasteiger charge is 2.30. The number of nitrogens with zero attached hydrogens (tertiary/aromatic N) is 1. The third kappa shape index (κ3) is 4.77. The first kappa shape index (κ1) is 14.0. The molecule has 0 unspecified atom stereocenters. The second-order valence-electron chi connectivity index (χ2n) is 3.37. The molecule has 0 aliphatic rings. The van der Waals surface area contributed by atoms with Gasteiger partial charge in [0.25, 0.3) is 0 Å². The number of Topliss-reactive ketones (excluding diaryl/α,β-unsaturated/α-hetero) is 1. The normalized spacial score (nSPS) is 11.5. The van der Waals surface area contributed by atoms with E-state index in [0.717, 1.165) is 12.3 Å². The van der Waals surface area contributed by atoms with Crippen LogP contribution in [0.1, 0.15) is 25.3 Å². The number of carbonyl (C=O) groups excluding carboxylic acids is 1. The zero-order chi connectivity index (χ0) is 12.9. The summed E-state index contributed by atoms with van der Waals surface area (Å²) in [6, 6.07) is 2.32. The summed E-state index contributed by atoms with van der Waals surface area (Å²) >= 11 is 1.28. The number of hydrogen-bond donors (Lipinski definition) is 0. The zero-order valence-electron chi connectivity index (χ0n) is 9.25. The number of rotatable bonds is 5. The van der Waals surface area contributed by atoms with Crippen LogP contribution < -0.4 is 0 Å². The minimum absolute atomic E-state index is 0.143. The van der Waals surface area contributed by atoms with Crippen LogP contribution in [-0.4, -0.2) is 16.5 Å². The van der Waals surface area contributed by atoms with Gasteiger partial charge in [0.15, 0.2) is 0 Å². The molecule has 0 saturated carbocycles. The minimum Gasteiger partial charge on any atom is -0.300 e. The largest absolute Gasteiger partial charge is 0.417 e. The molecule has 1 heterocycles. The van der Waals surface area contributed by atoms with Gasteiger partial charge in [0, 0.05) is 24.8 Å². The average Bonchev–Trinajstić information content (AvgIpc) is 2.28. The SMILES string of the molecule is CCC(=O)CCSc1ccc(C(F)(F)F)cn1. The number of pyridine rings is 1. The molecule has 0 bridgehead atoms. The molecule has 0 saturated heterocycles. The summed E-state index contributed by atoms with van der Waals surface area (Å²) in [7, 11) is 0. The maximum atomic E-state index is 12.2. The minimum atomic E-state index is -4.35. The Morgan fingerprint density at radius 1 is 1.41 bits per heavy atom. The molecule has 1 rings (SSSR count). The molecule has 0 fully saturated rings. The molecule has 1 aromatic heterocycles. The fourth-order valence-electron chi connectivity index (χ4n) is 1.08. The predicted octanol–water partition coefficient (Wildman–Crippen LogP) is 3.56. The second kappa shape index (κ2) is 6.05. The lowest BCUT2D eigenvalue weighted by atomic mass is 10.2. The van der Waals surface area contributed by atoms with Crippen molar-refractivity contribution in [2.75, 3.05) is 5.75 Å². The van der Waals surface area contributed by atoms with E-state index in [1.54, 1.807) is 6.92 Å². The monoisotopic (exact) mass is 263 g/mol. The Morgan fingerprint density at radius 3 is 2.59 bits per heavy atom. The summed E-state index contributed by atoms with van der Waals surface area (Å²) < 4.78 is 36.7. The highest BCUT2D eigenvalue weighted by Crippen LogP contribution is 2.29. The van der Waals surface area contributed by atoms with Crippen molar-refractivity contribution in [2.45, 2.75) is 31.0 Å². The molecule has 6 heteroatoms. The van der Waals surface area contributed by atoms with Gasteiger partial charge >= 0.3 is 6.18 Å². The van der Waals surface area contributed by atoms with E-state index in [1.807, 2.05) is 0 Å². The second-order valence-corrected chi connectivity index (χ2v) is 4.49. The molecule has 1 aromatic rings. The van der Waals surface area contributed by atoms with Gasteiger partial charge in [-0.25, -0.2) is 4.98 Å². The van der Waals surface area contributed by atoms with Crippen molar-refractivity contribution in [3.63, 3.8) is 0 Å². The molecule has 2 nitrogen and oxygen atoms in total. The highest BCUT2D eigenvalue weighted by molar-refractivity contribution is 7.99. The highest BCUT2D eigenvalue weighted by atomic mass is 32.2. The molecular formula is C11H12F3NOS. The van der Waals surface area contributed by atoms with Gasteiger partial charge in [-0.05, 0) is 12.1 Å². The van der Waals surface area contributed by atoms with Crippen molar-refractivity contribution in [3.8, 4) is 0 Å². The van der Waals surface area contributed by atoms with Crippen LogP contribution in [0.2, 0.25) is 0 Å². The van der Waals surface area contributed by atoms with Crippen molar-refractivity contribution < 1.29 is 18.0 Å². The van der Waals surface area contributed by atoms with Crippen molar-refractivity contribution in [1.29, 1.82) is 0 Å². The maximum Gasteiger partial charge on any atom is 0.417 e. The van der Waals surface area contributed by atoms with Crippen LogP contribution in [0.15, 0.2) is 23.4 Å². The number of aromatic nitrogens is 1. The summed E-state index contributed by atoms with van der Waals surface area (Å²) in [5, 5.41) is 0.502. The van der Waals surface area contributed by atoms with E-state index in [-0.39, 0.29) is 5.78 Å². The number of ketones is 1. The molecule has 0 spiro atoms. The lowest BCUT2D eigenvalue weighted by Gasteiger charge is -2.06. The van der Waals surface area contributed by atoms with Gasteiger partial charge in [-0.15, -0.1) is 11.8 Å². The molecule has 0 amide bonds. The van der Waals surface area contributed by atoms with E-state index in [1.165, 1.54) is 17.8 Å². The smallest absolute Gasteiger partial charge is 0.300 e. The third-order valence-electron chi connectivity index (χ3n) is 2.09. The van der Waals surface area contributed by atoms with Gasteiger partial charge < -0.3 is 0 Å². The van der Waals surface area contributed by atoms with Gasteiger partial charge in [-0.3, -0.25) is 4.79 Å². The Kier molecular flexibility index (Phi) is 4.99. The van der Waals surface area contributed by atoms with Crippen molar-refractivity contribution in [3.05, 3.63) is 23.9 Å². The number of alkyl halides is 3. The molecular weight excluding hydrogens is 251 g/mol.